The van der Waals surface area contributed by atoms with Gasteiger partial charge in [0, 0.05) is 6.04 Å². The summed E-state index contributed by atoms with van der Waals surface area (Å²) in [7, 11) is 0. The molecule has 1 aliphatic heterocycles. The first-order valence-electron chi connectivity index (χ1n) is 12.6. The van der Waals surface area contributed by atoms with Crippen LogP contribution in [0.1, 0.15) is 83.3 Å². The van der Waals surface area contributed by atoms with Gasteiger partial charge in [0.15, 0.2) is 0 Å². The minimum absolute atomic E-state index is 0.0640. The summed E-state index contributed by atoms with van der Waals surface area (Å²) in [4.78, 5) is 40.0. The molecule has 1 heterocycles. The highest BCUT2D eigenvalue weighted by Crippen LogP contribution is 2.61. The predicted octanol–water partition coefficient (Wildman–Crippen LogP) is 4.30. The second kappa shape index (κ2) is 7.85. The molecule has 2 atom stereocenters. The molecule has 33 heavy (non-hydrogen) atoms. The summed E-state index contributed by atoms with van der Waals surface area (Å²) in [6.45, 7) is 7.83. The van der Waals surface area contributed by atoms with E-state index in [1.807, 2.05) is 24.3 Å². The molecule has 4 bridgehead atoms. The molecule has 5 aliphatic rings. The van der Waals surface area contributed by atoms with Crippen LogP contribution in [-0.4, -0.2) is 35.3 Å². The van der Waals surface area contributed by atoms with E-state index in [-0.39, 0.29) is 29.8 Å². The Morgan fingerprint density at radius 3 is 2.09 bits per heavy atom. The molecule has 0 aromatic heterocycles. The maximum absolute atomic E-state index is 13.3. The van der Waals surface area contributed by atoms with Gasteiger partial charge >= 0.3 is 6.03 Å². The standard InChI is InChI=1S/C27H37N3O3/c1-16(2)21-5-7-22(8-6-21)26(4)24(32)30(25(33)29-26)15-23(31)28-17(3)27-12-18-9-19(13-27)11-20(10-18)14-27/h5-8,16-20H,9-15H2,1-4H3,(H,28,31)(H,29,33)/t17-,18?,19?,20?,26+,27?/m1/s1. The van der Waals surface area contributed by atoms with E-state index in [4.69, 9.17) is 0 Å². The Labute approximate surface area is 196 Å². The Balaban J connectivity index is 1.25. The summed E-state index contributed by atoms with van der Waals surface area (Å²) in [6, 6.07) is 7.33. The van der Waals surface area contributed by atoms with Crippen molar-refractivity contribution in [1.29, 1.82) is 0 Å². The number of urea groups is 1. The molecular weight excluding hydrogens is 414 g/mol. The molecule has 6 nitrogen and oxygen atoms in total. The monoisotopic (exact) mass is 451 g/mol. The van der Waals surface area contributed by atoms with E-state index in [1.54, 1.807) is 6.92 Å². The van der Waals surface area contributed by atoms with Crippen LogP contribution < -0.4 is 10.6 Å². The van der Waals surface area contributed by atoms with Gasteiger partial charge in [-0.25, -0.2) is 4.79 Å². The summed E-state index contributed by atoms with van der Waals surface area (Å²) in [6.07, 6.45) is 7.69. The first-order chi connectivity index (χ1) is 15.6. The number of nitrogens with one attached hydrogen (secondary N) is 2. The van der Waals surface area contributed by atoms with Crippen LogP contribution in [0, 0.1) is 23.2 Å². The van der Waals surface area contributed by atoms with Crippen molar-refractivity contribution in [3.8, 4) is 0 Å². The van der Waals surface area contributed by atoms with Crippen molar-refractivity contribution >= 4 is 17.8 Å². The number of imide groups is 1. The van der Waals surface area contributed by atoms with Gasteiger partial charge in [-0.2, -0.15) is 0 Å². The molecule has 4 amide bonds. The Bertz CT molecular complexity index is 934. The largest absolute Gasteiger partial charge is 0.352 e. The van der Waals surface area contributed by atoms with Crippen LogP contribution in [0.15, 0.2) is 24.3 Å². The third-order valence-electron chi connectivity index (χ3n) is 9.11. The van der Waals surface area contributed by atoms with Gasteiger partial charge in [0.1, 0.15) is 12.1 Å². The number of hydrogen-bond acceptors (Lipinski definition) is 3. The van der Waals surface area contributed by atoms with E-state index in [0.29, 0.717) is 5.92 Å². The molecule has 0 unspecified atom stereocenters. The smallest absolute Gasteiger partial charge is 0.325 e. The molecule has 2 N–H and O–H groups in total. The summed E-state index contributed by atoms with van der Waals surface area (Å²) in [5, 5.41) is 6.00. The molecule has 6 rings (SSSR count). The lowest BCUT2D eigenvalue weighted by Gasteiger charge is -2.59. The van der Waals surface area contributed by atoms with Crippen molar-refractivity contribution in [3.63, 3.8) is 0 Å². The van der Waals surface area contributed by atoms with Crippen molar-refractivity contribution in [1.82, 2.24) is 15.5 Å². The molecule has 6 heteroatoms. The fraction of sp³-hybridized carbons (Fsp3) is 0.667. The average molecular weight is 452 g/mol. The lowest BCUT2D eigenvalue weighted by Crippen LogP contribution is -2.57. The van der Waals surface area contributed by atoms with Gasteiger partial charge in [0.05, 0.1) is 0 Å². The zero-order valence-electron chi connectivity index (χ0n) is 20.3. The van der Waals surface area contributed by atoms with E-state index in [0.717, 1.165) is 28.2 Å². The lowest BCUT2D eigenvalue weighted by atomic mass is 9.48. The maximum Gasteiger partial charge on any atom is 0.325 e. The van der Waals surface area contributed by atoms with E-state index in [2.05, 4.69) is 31.4 Å². The zero-order valence-corrected chi connectivity index (χ0v) is 20.3. The van der Waals surface area contributed by atoms with Gasteiger partial charge in [-0.1, -0.05) is 38.1 Å². The molecule has 1 saturated heterocycles. The van der Waals surface area contributed by atoms with Crippen molar-refractivity contribution in [2.75, 3.05) is 6.54 Å². The van der Waals surface area contributed by atoms with E-state index >= 15 is 0 Å². The van der Waals surface area contributed by atoms with Crippen LogP contribution in [0.3, 0.4) is 0 Å². The quantitative estimate of drug-likeness (QED) is 0.633. The highest BCUT2D eigenvalue weighted by molar-refractivity contribution is 6.09. The molecule has 0 radical (unpaired) electrons. The van der Waals surface area contributed by atoms with Gasteiger partial charge in [0.2, 0.25) is 5.91 Å². The molecule has 5 fully saturated rings. The fourth-order valence-corrected chi connectivity index (χ4v) is 7.53. The summed E-state index contributed by atoms with van der Waals surface area (Å²) in [5.41, 5.74) is 0.941. The van der Waals surface area contributed by atoms with Crippen LogP contribution in [-0.2, 0) is 15.1 Å². The molecular formula is C27H37N3O3. The minimum Gasteiger partial charge on any atom is -0.352 e. The highest BCUT2D eigenvalue weighted by atomic mass is 16.2. The highest BCUT2D eigenvalue weighted by Gasteiger charge is 2.54. The number of hydrogen-bond donors (Lipinski definition) is 2. The Morgan fingerprint density at radius 1 is 1.03 bits per heavy atom. The van der Waals surface area contributed by atoms with E-state index < -0.39 is 11.6 Å². The maximum atomic E-state index is 13.3. The number of amides is 4. The average Bonchev–Trinajstić information content (AvgIpc) is 2.96. The topological polar surface area (TPSA) is 78.5 Å². The summed E-state index contributed by atoms with van der Waals surface area (Å²) in [5.74, 6) is 2.19. The number of carbonyl (C=O) groups excluding carboxylic acids is 3. The van der Waals surface area contributed by atoms with E-state index in [9.17, 15) is 14.4 Å². The third kappa shape index (κ3) is 3.75. The zero-order chi connectivity index (χ0) is 23.5. The Morgan fingerprint density at radius 2 is 1.58 bits per heavy atom. The number of rotatable bonds is 6. The third-order valence-corrected chi connectivity index (χ3v) is 9.11. The van der Waals surface area contributed by atoms with Crippen molar-refractivity contribution in [2.45, 2.75) is 83.7 Å². The molecule has 4 aliphatic carbocycles. The molecule has 4 saturated carbocycles. The first-order valence-corrected chi connectivity index (χ1v) is 12.6. The van der Waals surface area contributed by atoms with Gasteiger partial charge in [-0.3, -0.25) is 14.5 Å². The van der Waals surface area contributed by atoms with Crippen LogP contribution in [0.25, 0.3) is 0 Å². The Hall–Kier alpha value is -2.37. The van der Waals surface area contributed by atoms with Crippen LogP contribution in [0.5, 0.6) is 0 Å². The predicted molar refractivity (Wildman–Crippen MR) is 126 cm³/mol. The molecule has 1 aromatic rings. The number of nitrogens with zero attached hydrogens (tertiary/aromatic N) is 1. The van der Waals surface area contributed by atoms with Gasteiger partial charge in [0.25, 0.3) is 5.91 Å². The van der Waals surface area contributed by atoms with Gasteiger partial charge < -0.3 is 10.6 Å². The normalized spacial score (nSPS) is 35.8. The summed E-state index contributed by atoms with van der Waals surface area (Å²) < 4.78 is 0. The van der Waals surface area contributed by atoms with Gasteiger partial charge in [-0.15, -0.1) is 0 Å². The molecule has 0 spiro atoms. The van der Waals surface area contributed by atoms with Crippen LogP contribution in [0.4, 0.5) is 4.79 Å². The molecule has 1 aromatic carbocycles. The van der Waals surface area contributed by atoms with Gasteiger partial charge in [-0.05, 0) is 92.6 Å². The lowest BCUT2D eigenvalue weighted by molar-refractivity contribution is -0.136. The van der Waals surface area contributed by atoms with Crippen molar-refractivity contribution < 1.29 is 14.4 Å². The van der Waals surface area contributed by atoms with Crippen LogP contribution in [0.2, 0.25) is 0 Å². The molecule has 178 valence electrons. The summed E-state index contributed by atoms with van der Waals surface area (Å²) >= 11 is 0. The fourth-order valence-electron chi connectivity index (χ4n) is 7.53. The number of benzene rings is 1. The second-order valence-electron chi connectivity index (χ2n) is 11.8. The van der Waals surface area contributed by atoms with Crippen LogP contribution >= 0.6 is 0 Å². The van der Waals surface area contributed by atoms with Crippen molar-refractivity contribution in [3.05, 3.63) is 35.4 Å². The number of carbonyl (C=O) groups is 3. The Kier molecular flexibility index (Phi) is 5.33. The first kappa shape index (κ1) is 22.4. The SMILES string of the molecule is CC(C)c1ccc([C@]2(C)NC(=O)N(CC(=O)N[C@H](C)C34CC5CC(CC(C5)C3)C4)C2=O)cc1. The van der Waals surface area contributed by atoms with Crippen molar-refractivity contribution in [2.24, 2.45) is 23.2 Å². The van der Waals surface area contributed by atoms with E-state index in [1.165, 1.54) is 44.1 Å². The second-order valence-corrected chi connectivity index (χ2v) is 11.8. The minimum atomic E-state index is -1.15.